The minimum Gasteiger partial charge on any atom is -0.484 e. The van der Waals surface area contributed by atoms with E-state index in [1.807, 2.05) is 25.1 Å². The van der Waals surface area contributed by atoms with Gasteiger partial charge in [-0.2, -0.15) is 4.31 Å². The number of amides is 1. The maximum absolute atomic E-state index is 12.8. The molecular weight excluding hydrogens is 412 g/mol. The molecule has 1 N–H and O–H groups in total. The summed E-state index contributed by atoms with van der Waals surface area (Å²) >= 11 is 0. The van der Waals surface area contributed by atoms with Gasteiger partial charge in [-0.1, -0.05) is 36.8 Å². The number of sulfonamides is 1. The Morgan fingerprint density at radius 3 is 2.48 bits per heavy atom. The maximum atomic E-state index is 12.8. The van der Waals surface area contributed by atoms with Crippen molar-refractivity contribution in [2.45, 2.75) is 56.9 Å². The third-order valence-electron chi connectivity index (χ3n) is 5.57. The average molecular weight is 445 g/mol. The molecule has 1 amide bonds. The smallest absolute Gasteiger partial charge is 0.258 e. The monoisotopic (exact) mass is 444 g/mol. The van der Waals surface area contributed by atoms with E-state index in [0.29, 0.717) is 24.4 Å². The van der Waals surface area contributed by atoms with Gasteiger partial charge in [0.15, 0.2) is 6.61 Å². The number of benzene rings is 2. The average Bonchev–Trinajstić information content (AvgIpc) is 2.78. The van der Waals surface area contributed by atoms with Crippen molar-refractivity contribution in [3.8, 4) is 5.75 Å². The van der Waals surface area contributed by atoms with Crippen LogP contribution in [0.5, 0.6) is 5.75 Å². The Morgan fingerprint density at radius 1 is 1.10 bits per heavy atom. The number of piperidine rings is 1. The van der Waals surface area contributed by atoms with Gasteiger partial charge in [-0.15, -0.1) is 0 Å². The van der Waals surface area contributed by atoms with E-state index in [9.17, 15) is 13.2 Å². The van der Waals surface area contributed by atoms with E-state index in [2.05, 4.69) is 17.4 Å². The Labute approximate surface area is 185 Å². The second-order valence-corrected chi connectivity index (χ2v) is 10.1. The molecule has 1 saturated heterocycles. The molecule has 1 atom stereocenters. The standard InChI is InChI=1S/C24H32N2O4S/c1-19-17-22(31(28,29)26-15-7-4-8-16-26)13-14-23(19)30-18-24(27)25-20(2)11-12-21-9-5-3-6-10-21/h3,5-6,9-10,13-14,17,20H,4,7-8,11-12,15-16,18H2,1-2H3,(H,25,27)/t20-/m0/s1. The van der Waals surface area contributed by atoms with Gasteiger partial charge in [0.05, 0.1) is 4.90 Å². The SMILES string of the molecule is Cc1cc(S(=O)(=O)N2CCCCC2)ccc1OCC(=O)N[C@@H](C)CCc1ccccc1. The van der Waals surface area contributed by atoms with Crippen LogP contribution in [-0.4, -0.2) is 44.4 Å². The zero-order chi connectivity index (χ0) is 22.3. The number of aryl methyl sites for hydroxylation is 2. The molecule has 0 radical (unpaired) electrons. The van der Waals surface area contributed by atoms with Gasteiger partial charge >= 0.3 is 0 Å². The van der Waals surface area contributed by atoms with Crippen LogP contribution in [-0.2, 0) is 21.2 Å². The van der Waals surface area contributed by atoms with Gasteiger partial charge in [0.25, 0.3) is 5.91 Å². The van der Waals surface area contributed by atoms with Crippen LogP contribution < -0.4 is 10.1 Å². The summed E-state index contributed by atoms with van der Waals surface area (Å²) in [4.78, 5) is 12.5. The molecular formula is C24H32N2O4S. The number of rotatable bonds is 9. The predicted molar refractivity (Wildman–Crippen MR) is 122 cm³/mol. The fourth-order valence-corrected chi connectivity index (χ4v) is 5.36. The van der Waals surface area contributed by atoms with Crippen LogP contribution in [0.1, 0.15) is 43.7 Å². The lowest BCUT2D eigenvalue weighted by Crippen LogP contribution is -2.36. The van der Waals surface area contributed by atoms with Crippen LogP contribution in [0.2, 0.25) is 0 Å². The van der Waals surface area contributed by atoms with Crippen molar-refractivity contribution in [1.82, 2.24) is 9.62 Å². The molecule has 0 spiro atoms. The summed E-state index contributed by atoms with van der Waals surface area (Å²) < 4.78 is 32.9. The largest absolute Gasteiger partial charge is 0.484 e. The van der Waals surface area contributed by atoms with Gasteiger partial charge in [-0.3, -0.25) is 4.79 Å². The highest BCUT2D eigenvalue weighted by atomic mass is 32.2. The number of hydrogen-bond donors (Lipinski definition) is 1. The number of nitrogens with zero attached hydrogens (tertiary/aromatic N) is 1. The zero-order valence-electron chi connectivity index (χ0n) is 18.3. The summed E-state index contributed by atoms with van der Waals surface area (Å²) in [7, 11) is -3.48. The fourth-order valence-electron chi connectivity index (χ4n) is 3.76. The second kappa shape index (κ2) is 10.8. The first-order valence-corrected chi connectivity index (χ1v) is 12.4. The maximum Gasteiger partial charge on any atom is 0.258 e. The van der Waals surface area contributed by atoms with E-state index in [-0.39, 0.29) is 23.5 Å². The molecule has 6 nitrogen and oxygen atoms in total. The van der Waals surface area contributed by atoms with E-state index in [4.69, 9.17) is 4.74 Å². The minimum atomic E-state index is -3.48. The topological polar surface area (TPSA) is 75.7 Å². The lowest BCUT2D eigenvalue weighted by molar-refractivity contribution is -0.123. The van der Waals surface area contributed by atoms with Crippen LogP contribution in [0.4, 0.5) is 0 Å². The highest BCUT2D eigenvalue weighted by molar-refractivity contribution is 7.89. The third kappa shape index (κ3) is 6.55. The van der Waals surface area contributed by atoms with Crippen molar-refractivity contribution in [2.75, 3.05) is 19.7 Å². The Balaban J connectivity index is 1.50. The normalized spacial score (nSPS) is 15.9. The van der Waals surface area contributed by atoms with Crippen LogP contribution >= 0.6 is 0 Å². The third-order valence-corrected chi connectivity index (χ3v) is 7.47. The van der Waals surface area contributed by atoms with E-state index in [1.54, 1.807) is 29.4 Å². The molecule has 168 valence electrons. The number of nitrogens with one attached hydrogen (secondary N) is 1. The minimum absolute atomic E-state index is 0.0365. The number of carbonyl (C=O) groups excluding carboxylic acids is 1. The molecule has 31 heavy (non-hydrogen) atoms. The van der Waals surface area contributed by atoms with Crippen molar-refractivity contribution >= 4 is 15.9 Å². The lowest BCUT2D eigenvalue weighted by Gasteiger charge is -2.26. The number of ether oxygens (including phenoxy) is 1. The van der Waals surface area contributed by atoms with Gasteiger partial charge in [0.1, 0.15) is 5.75 Å². The van der Waals surface area contributed by atoms with Crippen molar-refractivity contribution in [3.63, 3.8) is 0 Å². The van der Waals surface area contributed by atoms with Crippen LogP contribution in [0, 0.1) is 6.92 Å². The van der Waals surface area contributed by atoms with Gasteiger partial charge in [-0.05, 0) is 68.9 Å². The van der Waals surface area contributed by atoms with Crippen LogP contribution in [0.25, 0.3) is 0 Å². The molecule has 1 heterocycles. The Morgan fingerprint density at radius 2 is 1.81 bits per heavy atom. The van der Waals surface area contributed by atoms with Crippen molar-refractivity contribution in [2.24, 2.45) is 0 Å². The zero-order valence-corrected chi connectivity index (χ0v) is 19.2. The summed E-state index contributed by atoms with van der Waals surface area (Å²) in [6.45, 7) is 4.82. The Bertz CT molecular complexity index is 970. The molecule has 0 saturated carbocycles. The molecule has 2 aromatic rings. The first kappa shape index (κ1) is 23.3. The molecule has 1 aliphatic heterocycles. The van der Waals surface area contributed by atoms with Gasteiger partial charge in [0.2, 0.25) is 10.0 Å². The van der Waals surface area contributed by atoms with Crippen molar-refractivity contribution in [1.29, 1.82) is 0 Å². The number of carbonyl (C=O) groups is 1. The van der Waals surface area contributed by atoms with E-state index < -0.39 is 10.0 Å². The molecule has 2 aromatic carbocycles. The fraction of sp³-hybridized carbons (Fsp3) is 0.458. The van der Waals surface area contributed by atoms with E-state index in [0.717, 1.165) is 32.1 Å². The second-order valence-electron chi connectivity index (χ2n) is 8.17. The van der Waals surface area contributed by atoms with E-state index in [1.165, 1.54) is 5.56 Å². The molecule has 7 heteroatoms. The lowest BCUT2D eigenvalue weighted by atomic mass is 10.1. The summed E-state index contributed by atoms with van der Waals surface area (Å²) in [5.74, 6) is 0.328. The molecule has 0 bridgehead atoms. The molecule has 3 rings (SSSR count). The molecule has 0 aliphatic carbocycles. The summed E-state index contributed by atoms with van der Waals surface area (Å²) in [5.41, 5.74) is 1.94. The number of hydrogen-bond acceptors (Lipinski definition) is 4. The van der Waals surface area contributed by atoms with Crippen LogP contribution in [0.15, 0.2) is 53.4 Å². The summed E-state index contributed by atoms with van der Waals surface area (Å²) in [6.07, 6.45) is 4.62. The Hall–Kier alpha value is -2.38. The van der Waals surface area contributed by atoms with Gasteiger partial charge < -0.3 is 10.1 Å². The molecule has 0 unspecified atom stereocenters. The van der Waals surface area contributed by atoms with E-state index >= 15 is 0 Å². The van der Waals surface area contributed by atoms with Crippen molar-refractivity contribution in [3.05, 3.63) is 59.7 Å². The summed E-state index contributed by atoms with van der Waals surface area (Å²) in [6, 6.07) is 15.0. The highest BCUT2D eigenvalue weighted by Gasteiger charge is 2.26. The molecule has 1 fully saturated rings. The predicted octanol–water partition coefficient (Wildman–Crippen LogP) is 3.69. The van der Waals surface area contributed by atoms with Gasteiger partial charge in [0, 0.05) is 19.1 Å². The quantitative estimate of drug-likeness (QED) is 0.640. The van der Waals surface area contributed by atoms with Crippen LogP contribution in [0.3, 0.4) is 0 Å². The first-order valence-electron chi connectivity index (χ1n) is 10.9. The van der Waals surface area contributed by atoms with Gasteiger partial charge in [-0.25, -0.2) is 8.42 Å². The molecule has 0 aromatic heterocycles. The highest BCUT2D eigenvalue weighted by Crippen LogP contribution is 2.25. The molecule has 1 aliphatic rings. The Kier molecular flexibility index (Phi) is 8.09. The first-order chi connectivity index (χ1) is 14.9. The van der Waals surface area contributed by atoms with Crippen molar-refractivity contribution < 1.29 is 17.9 Å². The summed E-state index contributed by atoms with van der Waals surface area (Å²) in [5, 5.41) is 2.95.